The highest BCUT2D eigenvalue weighted by Gasteiger charge is 1.91. The van der Waals surface area contributed by atoms with Crippen LogP contribution in [0.1, 0.15) is 0 Å². The Balaban J connectivity index is 3.07. The summed E-state index contributed by atoms with van der Waals surface area (Å²) in [5.41, 5.74) is 0. The number of hydrogen-bond acceptors (Lipinski definition) is 3. The molecule has 4 heteroatoms. The molecule has 0 amide bonds. The Morgan fingerprint density at radius 3 is 2.78 bits per heavy atom. The minimum absolute atomic E-state index is 0.293. The fraction of sp³-hybridized carbons (Fsp3) is 0.400. The fourth-order valence-corrected chi connectivity index (χ4v) is 0.285. The van der Waals surface area contributed by atoms with Crippen LogP contribution in [-0.2, 0) is 14.2 Å². The maximum atomic E-state index is 10.3. The lowest BCUT2D eigenvalue weighted by atomic mass is 10.5. The van der Waals surface area contributed by atoms with Crippen molar-refractivity contribution in [3.05, 3.63) is 12.7 Å². The van der Waals surface area contributed by atoms with Gasteiger partial charge in [-0.25, -0.2) is 4.79 Å². The average Bonchev–Trinajstić information content (AvgIpc) is 1.89. The van der Waals surface area contributed by atoms with Crippen LogP contribution in [0.2, 0.25) is 0 Å². The van der Waals surface area contributed by atoms with E-state index in [0.717, 1.165) is 6.08 Å². The molecular weight excluding hydrogens is 119 g/mol. The maximum Gasteiger partial charge on any atom is 0.330 e. The lowest BCUT2D eigenvalue weighted by Crippen LogP contribution is -2.06. The topological polar surface area (TPSA) is 35.5 Å². The minimum atomic E-state index is -0.410. The Hall–Kier alpha value is -0.765. The van der Waals surface area contributed by atoms with Gasteiger partial charge >= 0.3 is 5.97 Å². The molecule has 0 atom stereocenters. The van der Waals surface area contributed by atoms with Gasteiger partial charge in [-0.3, -0.25) is 0 Å². The molecule has 9 heavy (non-hydrogen) atoms. The molecule has 0 aromatic carbocycles. The van der Waals surface area contributed by atoms with Crippen molar-refractivity contribution >= 4 is 14.0 Å². The monoisotopic (exact) mass is 128 g/mol. The smallest absolute Gasteiger partial charge is 0.330 e. The summed E-state index contributed by atoms with van der Waals surface area (Å²) in [4.78, 5) is 10.3. The molecule has 50 valence electrons. The SMILES string of the molecule is BOCCOC(=O)C=C. The van der Waals surface area contributed by atoms with E-state index in [1.165, 1.54) is 0 Å². The second kappa shape index (κ2) is 5.37. The molecule has 0 aromatic rings. The van der Waals surface area contributed by atoms with Crippen LogP contribution in [0.25, 0.3) is 0 Å². The zero-order chi connectivity index (χ0) is 7.11. The van der Waals surface area contributed by atoms with Crippen LogP contribution < -0.4 is 0 Å². The Kier molecular flexibility index (Phi) is 4.92. The predicted molar refractivity (Wildman–Crippen MR) is 35.7 cm³/mol. The number of hydrogen-bond donors (Lipinski definition) is 0. The average molecular weight is 128 g/mol. The number of carbonyl (C=O) groups excluding carboxylic acids is 1. The Labute approximate surface area is 55.1 Å². The van der Waals surface area contributed by atoms with E-state index >= 15 is 0 Å². The van der Waals surface area contributed by atoms with Gasteiger partial charge in [-0.1, -0.05) is 6.58 Å². The minimum Gasteiger partial charge on any atom is -0.460 e. The molecule has 0 bridgehead atoms. The summed E-state index contributed by atoms with van der Waals surface area (Å²) >= 11 is 0. The lowest BCUT2D eigenvalue weighted by molar-refractivity contribution is -0.138. The fourth-order valence-electron chi connectivity index (χ4n) is 0.285. The Morgan fingerprint density at radius 1 is 1.67 bits per heavy atom. The Morgan fingerprint density at radius 2 is 2.33 bits per heavy atom. The molecule has 0 saturated heterocycles. The number of ether oxygens (including phenoxy) is 1. The zero-order valence-electron chi connectivity index (χ0n) is 5.42. The van der Waals surface area contributed by atoms with E-state index in [4.69, 9.17) is 0 Å². The van der Waals surface area contributed by atoms with E-state index in [9.17, 15) is 4.79 Å². The molecule has 0 spiro atoms. The van der Waals surface area contributed by atoms with Crippen LogP contribution in [0, 0.1) is 0 Å². The number of carbonyl (C=O) groups is 1. The molecule has 0 aliphatic carbocycles. The maximum absolute atomic E-state index is 10.3. The molecule has 0 saturated carbocycles. The molecule has 0 N–H and O–H groups in total. The third-order valence-corrected chi connectivity index (χ3v) is 0.698. The number of rotatable bonds is 4. The summed E-state index contributed by atoms with van der Waals surface area (Å²) in [6.45, 7) is 3.95. The largest absolute Gasteiger partial charge is 0.460 e. The van der Waals surface area contributed by atoms with E-state index in [1.807, 2.05) is 0 Å². The molecule has 0 aliphatic rings. The lowest BCUT2D eigenvalue weighted by Gasteiger charge is -1.98. The molecule has 0 heterocycles. The first kappa shape index (κ1) is 8.23. The molecule has 0 aliphatic heterocycles. The van der Waals surface area contributed by atoms with Gasteiger partial charge in [0.05, 0.1) is 6.61 Å². The first-order valence-corrected chi connectivity index (χ1v) is 2.59. The third kappa shape index (κ3) is 5.10. The summed E-state index contributed by atoms with van der Waals surface area (Å²) < 4.78 is 9.17. The second-order valence-electron chi connectivity index (χ2n) is 1.36. The van der Waals surface area contributed by atoms with Crippen molar-refractivity contribution in [2.75, 3.05) is 13.2 Å². The predicted octanol–water partition coefficient (Wildman–Crippen LogP) is -0.720. The molecule has 0 fully saturated rings. The van der Waals surface area contributed by atoms with Gasteiger partial charge in [0.25, 0.3) is 8.05 Å². The van der Waals surface area contributed by atoms with E-state index in [0.29, 0.717) is 13.2 Å². The van der Waals surface area contributed by atoms with Crippen molar-refractivity contribution in [3.63, 3.8) is 0 Å². The molecular formula is C5H9BO3. The van der Waals surface area contributed by atoms with E-state index < -0.39 is 5.97 Å². The number of esters is 1. The van der Waals surface area contributed by atoms with Gasteiger partial charge < -0.3 is 9.39 Å². The van der Waals surface area contributed by atoms with Crippen LogP contribution in [0.4, 0.5) is 0 Å². The van der Waals surface area contributed by atoms with Crippen molar-refractivity contribution in [1.29, 1.82) is 0 Å². The van der Waals surface area contributed by atoms with Crippen molar-refractivity contribution in [2.45, 2.75) is 0 Å². The standard InChI is InChI=1S/C5H9BO3/c1-2-5(7)8-3-4-9-6/h2H,1,3-4,6H2. The summed E-state index contributed by atoms with van der Waals surface area (Å²) in [6.07, 6.45) is 1.12. The molecule has 0 rings (SSSR count). The quantitative estimate of drug-likeness (QED) is 0.217. The summed E-state index contributed by atoms with van der Waals surface area (Å²) in [6, 6.07) is 0. The second-order valence-corrected chi connectivity index (χ2v) is 1.36. The highest BCUT2D eigenvalue weighted by molar-refractivity contribution is 5.97. The van der Waals surface area contributed by atoms with Crippen molar-refractivity contribution in [2.24, 2.45) is 0 Å². The van der Waals surface area contributed by atoms with Gasteiger partial charge in [-0.05, 0) is 0 Å². The first-order chi connectivity index (χ1) is 4.31. The van der Waals surface area contributed by atoms with E-state index in [1.54, 1.807) is 8.05 Å². The van der Waals surface area contributed by atoms with Gasteiger partial charge in [-0.15, -0.1) is 0 Å². The summed E-state index contributed by atoms with van der Waals surface area (Å²) in [5.74, 6) is -0.410. The van der Waals surface area contributed by atoms with Crippen LogP contribution in [0.3, 0.4) is 0 Å². The van der Waals surface area contributed by atoms with Crippen LogP contribution in [0.5, 0.6) is 0 Å². The molecule has 3 nitrogen and oxygen atoms in total. The summed E-state index contributed by atoms with van der Waals surface area (Å²) in [5, 5.41) is 0. The van der Waals surface area contributed by atoms with Crippen molar-refractivity contribution < 1.29 is 14.2 Å². The van der Waals surface area contributed by atoms with Gasteiger partial charge in [0.1, 0.15) is 6.61 Å². The van der Waals surface area contributed by atoms with Gasteiger partial charge in [0, 0.05) is 6.08 Å². The Bertz CT molecular complexity index is 102. The highest BCUT2D eigenvalue weighted by Crippen LogP contribution is 1.77. The van der Waals surface area contributed by atoms with Gasteiger partial charge in [0.2, 0.25) is 0 Å². The van der Waals surface area contributed by atoms with Gasteiger partial charge in [0.15, 0.2) is 0 Å². The highest BCUT2D eigenvalue weighted by atomic mass is 16.5. The van der Waals surface area contributed by atoms with E-state index in [2.05, 4.69) is 16.0 Å². The summed E-state index contributed by atoms with van der Waals surface area (Å²) in [7, 11) is 1.54. The zero-order valence-corrected chi connectivity index (χ0v) is 5.42. The van der Waals surface area contributed by atoms with E-state index in [-0.39, 0.29) is 0 Å². The van der Waals surface area contributed by atoms with Crippen LogP contribution in [0.15, 0.2) is 12.7 Å². The normalized spacial score (nSPS) is 8.44. The van der Waals surface area contributed by atoms with Crippen LogP contribution >= 0.6 is 0 Å². The van der Waals surface area contributed by atoms with Crippen molar-refractivity contribution in [3.8, 4) is 0 Å². The van der Waals surface area contributed by atoms with Crippen LogP contribution in [-0.4, -0.2) is 27.2 Å². The van der Waals surface area contributed by atoms with Crippen molar-refractivity contribution in [1.82, 2.24) is 0 Å². The molecule has 0 radical (unpaired) electrons. The van der Waals surface area contributed by atoms with Gasteiger partial charge in [-0.2, -0.15) is 0 Å². The molecule has 0 aromatic heterocycles. The molecule has 0 unspecified atom stereocenters. The first-order valence-electron chi connectivity index (χ1n) is 2.59. The third-order valence-electron chi connectivity index (χ3n) is 0.698.